The van der Waals surface area contributed by atoms with Crippen LogP contribution in [0.4, 0.5) is 0 Å². The van der Waals surface area contributed by atoms with Crippen LogP contribution in [-0.4, -0.2) is 6.61 Å². The molecule has 1 aromatic rings. The first-order valence-corrected chi connectivity index (χ1v) is 4.08. The molecule has 0 heterocycles. The molecular weight excluding hydrogens is 136 g/mol. The van der Waals surface area contributed by atoms with Crippen molar-refractivity contribution >= 4 is 0 Å². The molecule has 0 saturated heterocycles. The number of ether oxygens (including phenoxy) is 1. The van der Waals surface area contributed by atoms with Gasteiger partial charge in [0.05, 0.1) is 6.61 Å². The summed E-state index contributed by atoms with van der Waals surface area (Å²) in [5.41, 5.74) is 1.33. The molecule has 0 aliphatic rings. The van der Waals surface area contributed by atoms with E-state index in [0.717, 1.165) is 18.8 Å². The zero-order chi connectivity index (χ0) is 8.10. The molecule has 0 amide bonds. The van der Waals surface area contributed by atoms with Crippen LogP contribution < -0.4 is 4.74 Å². The first-order valence-electron chi connectivity index (χ1n) is 4.08. The second-order valence-electron chi connectivity index (χ2n) is 2.43. The summed E-state index contributed by atoms with van der Waals surface area (Å²) in [5, 5.41) is 0. The van der Waals surface area contributed by atoms with E-state index in [9.17, 15) is 0 Å². The van der Waals surface area contributed by atoms with E-state index in [1.54, 1.807) is 0 Å². The summed E-state index contributed by atoms with van der Waals surface area (Å²) < 4.78 is 5.35. The third kappa shape index (κ3) is 2.26. The van der Waals surface area contributed by atoms with Crippen molar-refractivity contribution in [2.24, 2.45) is 0 Å². The largest absolute Gasteiger partial charge is 0.494 e. The Kier molecular flexibility index (Phi) is 2.96. The smallest absolute Gasteiger partial charge is 0.119 e. The number of hydrogen-bond donors (Lipinski definition) is 0. The van der Waals surface area contributed by atoms with Gasteiger partial charge in [-0.05, 0) is 31.0 Å². The molecule has 1 aromatic carbocycles. The van der Waals surface area contributed by atoms with Gasteiger partial charge in [-0.1, -0.05) is 19.1 Å². The maximum Gasteiger partial charge on any atom is 0.119 e. The fourth-order valence-corrected chi connectivity index (χ4v) is 1.02. The lowest BCUT2D eigenvalue weighted by atomic mass is 10.2. The fraction of sp³-hybridized carbons (Fsp3) is 0.400. The van der Waals surface area contributed by atoms with E-state index >= 15 is 0 Å². The van der Waals surface area contributed by atoms with Gasteiger partial charge < -0.3 is 4.74 Å². The number of rotatable bonds is 3. The van der Waals surface area contributed by atoms with Crippen molar-refractivity contribution in [2.75, 3.05) is 6.61 Å². The predicted molar refractivity (Wildman–Crippen MR) is 47.0 cm³/mol. The van der Waals surface area contributed by atoms with Crippen LogP contribution in [0.1, 0.15) is 19.4 Å². The van der Waals surface area contributed by atoms with Crippen LogP contribution in [0.15, 0.2) is 24.3 Å². The van der Waals surface area contributed by atoms with Crippen molar-refractivity contribution in [1.29, 1.82) is 0 Å². The standard InChI is InChI=1S/C10H14O/c1-3-9-6-5-7-10(8-9)11-4-2/h5-8H,3-4H2,1-2H3. The van der Waals surface area contributed by atoms with Gasteiger partial charge in [-0.3, -0.25) is 0 Å². The van der Waals surface area contributed by atoms with Crippen LogP contribution >= 0.6 is 0 Å². The summed E-state index contributed by atoms with van der Waals surface area (Å²) in [6, 6.07) is 8.22. The van der Waals surface area contributed by atoms with Gasteiger partial charge in [-0.25, -0.2) is 0 Å². The summed E-state index contributed by atoms with van der Waals surface area (Å²) in [5.74, 6) is 0.979. The van der Waals surface area contributed by atoms with E-state index in [1.807, 2.05) is 19.1 Å². The van der Waals surface area contributed by atoms with Crippen LogP contribution in [0.3, 0.4) is 0 Å². The van der Waals surface area contributed by atoms with Crippen LogP contribution in [0.25, 0.3) is 0 Å². The average Bonchev–Trinajstić information content (AvgIpc) is 2.06. The van der Waals surface area contributed by atoms with E-state index < -0.39 is 0 Å². The molecule has 0 saturated carbocycles. The molecule has 0 aromatic heterocycles. The van der Waals surface area contributed by atoms with Gasteiger partial charge in [0.1, 0.15) is 5.75 Å². The summed E-state index contributed by atoms with van der Waals surface area (Å²) in [4.78, 5) is 0. The molecule has 0 N–H and O–H groups in total. The molecule has 1 rings (SSSR count). The van der Waals surface area contributed by atoms with Gasteiger partial charge in [0.2, 0.25) is 0 Å². The molecule has 0 spiro atoms. The first kappa shape index (κ1) is 8.12. The van der Waals surface area contributed by atoms with E-state index in [0.29, 0.717) is 0 Å². The number of aryl methyl sites for hydroxylation is 1. The minimum Gasteiger partial charge on any atom is -0.494 e. The molecule has 0 aliphatic carbocycles. The van der Waals surface area contributed by atoms with Gasteiger partial charge in [0.15, 0.2) is 0 Å². The van der Waals surface area contributed by atoms with E-state index in [-0.39, 0.29) is 0 Å². The molecule has 0 radical (unpaired) electrons. The van der Waals surface area contributed by atoms with E-state index in [1.165, 1.54) is 5.56 Å². The SMILES string of the molecule is CCOc1cccc(CC)c1. The minimum atomic E-state index is 0.743. The molecule has 0 unspecified atom stereocenters. The maximum absolute atomic E-state index is 5.35. The zero-order valence-electron chi connectivity index (χ0n) is 7.13. The highest BCUT2D eigenvalue weighted by molar-refractivity contribution is 5.28. The Morgan fingerprint density at radius 1 is 1.27 bits per heavy atom. The van der Waals surface area contributed by atoms with Gasteiger partial charge in [-0.15, -0.1) is 0 Å². The third-order valence-electron chi connectivity index (χ3n) is 1.62. The number of benzene rings is 1. The predicted octanol–water partition coefficient (Wildman–Crippen LogP) is 2.65. The second-order valence-corrected chi connectivity index (χ2v) is 2.43. The Labute approximate surface area is 68.0 Å². The van der Waals surface area contributed by atoms with Crippen molar-refractivity contribution < 1.29 is 4.74 Å². The Hall–Kier alpha value is -0.980. The van der Waals surface area contributed by atoms with Gasteiger partial charge >= 0.3 is 0 Å². The van der Waals surface area contributed by atoms with Crippen LogP contribution in [0.2, 0.25) is 0 Å². The van der Waals surface area contributed by atoms with Crippen molar-refractivity contribution in [1.82, 2.24) is 0 Å². The first-order chi connectivity index (χ1) is 5.36. The van der Waals surface area contributed by atoms with Gasteiger partial charge in [0.25, 0.3) is 0 Å². The Morgan fingerprint density at radius 3 is 2.73 bits per heavy atom. The molecule has 0 atom stereocenters. The van der Waals surface area contributed by atoms with Crippen LogP contribution in [-0.2, 0) is 6.42 Å². The Morgan fingerprint density at radius 2 is 2.09 bits per heavy atom. The summed E-state index contributed by atoms with van der Waals surface area (Å²) >= 11 is 0. The summed E-state index contributed by atoms with van der Waals surface area (Å²) in [6.45, 7) is 4.89. The van der Waals surface area contributed by atoms with Crippen molar-refractivity contribution in [2.45, 2.75) is 20.3 Å². The molecule has 11 heavy (non-hydrogen) atoms. The highest BCUT2D eigenvalue weighted by atomic mass is 16.5. The van der Waals surface area contributed by atoms with Gasteiger partial charge in [-0.2, -0.15) is 0 Å². The van der Waals surface area contributed by atoms with E-state index in [2.05, 4.69) is 19.1 Å². The highest BCUT2D eigenvalue weighted by Crippen LogP contribution is 2.12. The molecule has 1 heteroatoms. The monoisotopic (exact) mass is 150 g/mol. The Balaban J connectivity index is 2.74. The van der Waals surface area contributed by atoms with Crippen molar-refractivity contribution in [3.8, 4) is 5.75 Å². The van der Waals surface area contributed by atoms with E-state index in [4.69, 9.17) is 4.74 Å². The minimum absolute atomic E-state index is 0.743. The lowest BCUT2D eigenvalue weighted by Crippen LogP contribution is -1.91. The third-order valence-corrected chi connectivity index (χ3v) is 1.62. The lowest BCUT2D eigenvalue weighted by Gasteiger charge is -2.03. The molecule has 60 valence electrons. The molecule has 0 bridgehead atoms. The molecular formula is C10H14O. The number of hydrogen-bond acceptors (Lipinski definition) is 1. The van der Waals surface area contributed by atoms with Gasteiger partial charge in [0, 0.05) is 0 Å². The topological polar surface area (TPSA) is 9.23 Å². The normalized spacial score (nSPS) is 9.64. The Bertz CT molecular complexity index is 218. The summed E-state index contributed by atoms with van der Waals surface area (Å²) in [6.07, 6.45) is 1.07. The average molecular weight is 150 g/mol. The maximum atomic E-state index is 5.35. The molecule has 0 fully saturated rings. The van der Waals surface area contributed by atoms with Crippen LogP contribution in [0.5, 0.6) is 5.75 Å². The lowest BCUT2D eigenvalue weighted by molar-refractivity contribution is 0.340. The molecule has 0 aliphatic heterocycles. The molecule has 1 nitrogen and oxygen atoms in total. The van der Waals surface area contributed by atoms with Crippen molar-refractivity contribution in [3.05, 3.63) is 29.8 Å². The quantitative estimate of drug-likeness (QED) is 0.643. The highest BCUT2D eigenvalue weighted by Gasteiger charge is 1.92. The summed E-state index contributed by atoms with van der Waals surface area (Å²) in [7, 11) is 0. The van der Waals surface area contributed by atoms with Crippen molar-refractivity contribution in [3.63, 3.8) is 0 Å². The fourth-order valence-electron chi connectivity index (χ4n) is 1.02. The second kappa shape index (κ2) is 4.02. The van der Waals surface area contributed by atoms with Crippen LogP contribution in [0, 0.1) is 0 Å². The zero-order valence-corrected chi connectivity index (χ0v) is 7.13.